The molecule has 0 bridgehead atoms. The first-order chi connectivity index (χ1) is 6.83. The van der Waals surface area contributed by atoms with Crippen LogP contribution in [0.2, 0.25) is 0 Å². The SMILES string of the molecule is CC1OC(c2cc3c(s2)CCNC3)O1. The van der Waals surface area contributed by atoms with Gasteiger partial charge in [-0.2, -0.15) is 0 Å². The summed E-state index contributed by atoms with van der Waals surface area (Å²) in [5.41, 5.74) is 1.42. The van der Waals surface area contributed by atoms with Crippen molar-refractivity contribution in [3.05, 3.63) is 21.4 Å². The van der Waals surface area contributed by atoms with E-state index in [1.54, 1.807) is 0 Å². The minimum atomic E-state index is -0.0967. The number of hydrogen-bond donors (Lipinski definition) is 1. The first-order valence-electron chi connectivity index (χ1n) is 4.96. The minimum absolute atomic E-state index is 0.0303. The molecule has 14 heavy (non-hydrogen) atoms. The van der Waals surface area contributed by atoms with Crippen LogP contribution in [0.3, 0.4) is 0 Å². The predicted molar refractivity (Wildman–Crippen MR) is 54.1 cm³/mol. The lowest BCUT2D eigenvalue weighted by molar-refractivity contribution is -0.381. The number of hydrogen-bond acceptors (Lipinski definition) is 4. The Labute approximate surface area is 87.0 Å². The normalized spacial score (nSPS) is 30.9. The monoisotopic (exact) mass is 211 g/mol. The van der Waals surface area contributed by atoms with Crippen molar-refractivity contribution in [2.75, 3.05) is 6.54 Å². The molecule has 3 rings (SSSR count). The Bertz CT molecular complexity index is 320. The molecule has 3 nitrogen and oxygen atoms in total. The second-order valence-corrected chi connectivity index (χ2v) is 4.86. The van der Waals surface area contributed by atoms with E-state index in [4.69, 9.17) is 9.47 Å². The van der Waals surface area contributed by atoms with Crippen molar-refractivity contribution < 1.29 is 9.47 Å². The first kappa shape index (κ1) is 8.85. The number of thiophene rings is 1. The third-order valence-corrected chi connectivity index (χ3v) is 3.88. The third kappa shape index (κ3) is 1.39. The Morgan fingerprint density at radius 1 is 1.50 bits per heavy atom. The molecule has 1 fully saturated rings. The van der Waals surface area contributed by atoms with Gasteiger partial charge in [0.1, 0.15) is 0 Å². The average Bonchev–Trinajstić information content (AvgIpc) is 2.55. The van der Waals surface area contributed by atoms with E-state index in [2.05, 4.69) is 11.4 Å². The second-order valence-electron chi connectivity index (χ2n) is 3.70. The molecule has 1 aromatic heterocycles. The van der Waals surface area contributed by atoms with Gasteiger partial charge in [0.15, 0.2) is 12.6 Å². The molecule has 0 amide bonds. The van der Waals surface area contributed by atoms with Crippen molar-refractivity contribution in [3.63, 3.8) is 0 Å². The molecule has 1 N–H and O–H groups in total. The zero-order valence-electron chi connectivity index (χ0n) is 8.08. The fourth-order valence-corrected chi connectivity index (χ4v) is 3.04. The highest BCUT2D eigenvalue weighted by molar-refractivity contribution is 7.12. The molecular formula is C10H13NO2S. The summed E-state index contributed by atoms with van der Waals surface area (Å²) in [6.07, 6.45) is 1.01. The first-order valence-corrected chi connectivity index (χ1v) is 5.78. The lowest BCUT2D eigenvalue weighted by atomic mass is 10.1. The lowest BCUT2D eigenvalue weighted by Crippen LogP contribution is -2.30. The van der Waals surface area contributed by atoms with Crippen LogP contribution in [-0.4, -0.2) is 12.8 Å². The van der Waals surface area contributed by atoms with Crippen LogP contribution < -0.4 is 5.32 Å². The Balaban J connectivity index is 1.82. The van der Waals surface area contributed by atoms with E-state index in [0.29, 0.717) is 0 Å². The summed E-state index contributed by atoms with van der Waals surface area (Å²) in [4.78, 5) is 2.71. The maximum Gasteiger partial charge on any atom is 0.198 e. The molecular weight excluding hydrogens is 198 g/mol. The summed E-state index contributed by atoms with van der Waals surface area (Å²) < 4.78 is 10.9. The molecule has 0 aliphatic carbocycles. The van der Waals surface area contributed by atoms with Gasteiger partial charge in [-0.15, -0.1) is 11.3 Å². The van der Waals surface area contributed by atoms with Crippen molar-refractivity contribution in [2.45, 2.75) is 32.5 Å². The van der Waals surface area contributed by atoms with Gasteiger partial charge in [-0.05, 0) is 25.0 Å². The molecule has 0 radical (unpaired) electrons. The Morgan fingerprint density at radius 3 is 3.07 bits per heavy atom. The molecule has 0 spiro atoms. The fraction of sp³-hybridized carbons (Fsp3) is 0.600. The summed E-state index contributed by atoms with van der Waals surface area (Å²) in [5.74, 6) is 0. The van der Waals surface area contributed by atoms with Crippen molar-refractivity contribution in [1.29, 1.82) is 0 Å². The van der Waals surface area contributed by atoms with Crippen LogP contribution in [-0.2, 0) is 22.4 Å². The molecule has 2 aliphatic rings. The van der Waals surface area contributed by atoms with Crippen LogP contribution in [0.4, 0.5) is 0 Å². The van der Waals surface area contributed by atoms with E-state index in [1.165, 1.54) is 15.3 Å². The van der Waals surface area contributed by atoms with Crippen LogP contribution >= 0.6 is 11.3 Å². The summed E-state index contributed by atoms with van der Waals surface area (Å²) in [7, 11) is 0. The van der Waals surface area contributed by atoms with E-state index >= 15 is 0 Å². The van der Waals surface area contributed by atoms with Crippen LogP contribution in [0, 0.1) is 0 Å². The van der Waals surface area contributed by atoms with Gasteiger partial charge < -0.3 is 14.8 Å². The van der Waals surface area contributed by atoms with Gasteiger partial charge in [-0.1, -0.05) is 0 Å². The van der Waals surface area contributed by atoms with Gasteiger partial charge in [-0.3, -0.25) is 0 Å². The zero-order chi connectivity index (χ0) is 9.54. The Hall–Kier alpha value is -0.420. The smallest absolute Gasteiger partial charge is 0.198 e. The number of ether oxygens (including phenoxy) is 2. The maximum atomic E-state index is 5.47. The molecule has 0 saturated carbocycles. The van der Waals surface area contributed by atoms with Crippen LogP contribution in [0.1, 0.15) is 28.5 Å². The van der Waals surface area contributed by atoms with Crippen molar-refractivity contribution in [3.8, 4) is 0 Å². The number of fused-ring (bicyclic) bond motifs is 1. The predicted octanol–water partition coefficient (Wildman–Crippen LogP) is 1.79. The van der Waals surface area contributed by atoms with Gasteiger partial charge >= 0.3 is 0 Å². The second kappa shape index (κ2) is 3.31. The highest BCUT2D eigenvalue weighted by Crippen LogP contribution is 2.37. The van der Waals surface area contributed by atoms with Crippen molar-refractivity contribution in [2.24, 2.45) is 0 Å². The molecule has 1 aromatic rings. The molecule has 1 saturated heterocycles. The van der Waals surface area contributed by atoms with Crippen LogP contribution in [0.25, 0.3) is 0 Å². The van der Waals surface area contributed by atoms with E-state index < -0.39 is 0 Å². The molecule has 3 heterocycles. The summed E-state index contributed by atoms with van der Waals surface area (Å²) in [6, 6.07) is 2.21. The zero-order valence-corrected chi connectivity index (χ0v) is 8.89. The van der Waals surface area contributed by atoms with E-state index in [1.807, 2.05) is 18.3 Å². The molecule has 0 unspecified atom stereocenters. The molecule has 0 atom stereocenters. The van der Waals surface area contributed by atoms with Gasteiger partial charge in [0.05, 0.1) is 4.88 Å². The maximum absolute atomic E-state index is 5.47. The van der Waals surface area contributed by atoms with Crippen molar-refractivity contribution >= 4 is 11.3 Å². The Kier molecular flexibility index (Phi) is 2.09. The average molecular weight is 211 g/mol. The molecule has 76 valence electrons. The minimum Gasteiger partial charge on any atom is -0.319 e. The van der Waals surface area contributed by atoms with E-state index in [9.17, 15) is 0 Å². The Morgan fingerprint density at radius 2 is 2.36 bits per heavy atom. The third-order valence-electron chi connectivity index (χ3n) is 2.62. The summed E-state index contributed by atoms with van der Waals surface area (Å²) in [5, 5.41) is 3.36. The molecule has 2 aliphatic heterocycles. The largest absolute Gasteiger partial charge is 0.319 e. The quantitative estimate of drug-likeness (QED) is 0.768. The van der Waals surface area contributed by atoms with Crippen LogP contribution in [0.15, 0.2) is 6.07 Å². The van der Waals surface area contributed by atoms with Crippen LogP contribution in [0.5, 0.6) is 0 Å². The van der Waals surface area contributed by atoms with E-state index in [0.717, 1.165) is 19.5 Å². The molecule has 4 heteroatoms. The number of nitrogens with one attached hydrogen (secondary N) is 1. The van der Waals surface area contributed by atoms with Gasteiger partial charge in [0.2, 0.25) is 0 Å². The van der Waals surface area contributed by atoms with Crippen molar-refractivity contribution in [1.82, 2.24) is 5.32 Å². The topological polar surface area (TPSA) is 30.5 Å². The highest BCUT2D eigenvalue weighted by atomic mass is 32.1. The fourth-order valence-electron chi connectivity index (χ4n) is 1.88. The van der Waals surface area contributed by atoms with E-state index in [-0.39, 0.29) is 12.6 Å². The van der Waals surface area contributed by atoms with Gasteiger partial charge in [-0.25, -0.2) is 0 Å². The lowest BCUT2D eigenvalue weighted by Gasteiger charge is -2.32. The standard InChI is InChI=1S/C10H13NO2S/c1-6-12-10(13-6)9-4-7-5-11-3-2-8(7)14-9/h4,6,10-11H,2-3,5H2,1H3. The van der Waals surface area contributed by atoms with Gasteiger partial charge in [0.25, 0.3) is 0 Å². The molecule has 0 aromatic carbocycles. The van der Waals surface area contributed by atoms with Gasteiger partial charge in [0, 0.05) is 18.0 Å². The highest BCUT2D eigenvalue weighted by Gasteiger charge is 2.30. The summed E-state index contributed by atoms with van der Waals surface area (Å²) in [6.45, 7) is 4.01. The summed E-state index contributed by atoms with van der Waals surface area (Å²) >= 11 is 1.83. The number of rotatable bonds is 1.